The molecule has 67 valence electrons. The second kappa shape index (κ2) is 7.35. The van der Waals surface area contributed by atoms with Gasteiger partial charge in [-0.3, -0.25) is 0 Å². The predicted molar refractivity (Wildman–Crippen MR) is 59.2 cm³/mol. The number of hydrogen-bond donors (Lipinski definition) is 0. The molecule has 13 heavy (non-hydrogen) atoms. The van der Waals surface area contributed by atoms with Crippen molar-refractivity contribution in [2.45, 2.75) is 12.8 Å². The Balaban J connectivity index is 2.50. The van der Waals surface area contributed by atoms with Crippen molar-refractivity contribution in [3.63, 3.8) is 0 Å². The summed E-state index contributed by atoms with van der Waals surface area (Å²) in [7, 11) is 0. The van der Waals surface area contributed by atoms with Crippen LogP contribution in [0.1, 0.15) is 12.8 Å². The van der Waals surface area contributed by atoms with Gasteiger partial charge in [-0.1, -0.05) is 60.8 Å². The number of rotatable bonds is 0. The summed E-state index contributed by atoms with van der Waals surface area (Å²) in [6.45, 7) is 0. The van der Waals surface area contributed by atoms with Gasteiger partial charge in [0, 0.05) is 0 Å². The van der Waals surface area contributed by atoms with Crippen LogP contribution in [0.3, 0.4) is 0 Å². The van der Waals surface area contributed by atoms with Gasteiger partial charge in [-0.2, -0.15) is 0 Å². The Morgan fingerprint density at radius 1 is 0.462 bits per heavy atom. The summed E-state index contributed by atoms with van der Waals surface area (Å²) in [6, 6.07) is 0. The van der Waals surface area contributed by atoms with Gasteiger partial charge in [0.25, 0.3) is 0 Å². The van der Waals surface area contributed by atoms with Crippen LogP contribution < -0.4 is 0 Å². The van der Waals surface area contributed by atoms with Crippen LogP contribution in [0, 0.1) is 6.42 Å². The lowest BCUT2D eigenvalue weighted by molar-refractivity contribution is 1.27. The van der Waals surface area contributed by atoms with Crippen LogP contribution in [0.25, 0.3) is 0 Å². The topological polar surface area (TPSA) is 0 Å². The molecule has 0 amide bonds. The van der Waals surface area contributed by atoms with Gasteiger partial charge in [0.05, 0.1) is 0 Å². The second-order valence-electron chi connectivity index (χ2n) is 2.76. The molecule has 1 rings (SSSR count). The summed E-state index contributed by atoms with van der Waals surface area (Å²) < 4.78 is 0. The van der Waals surface area contributed by atoms with Crippen LogP contribution in [-0.2, 0) is 0 Å². The fourth-order valence-electron chi connectivity index (χ4n) is 0.981. The zero-order valence-electron chi connectivity index (χ0n) is 7.77. The Hall–Kier alpha value is -1.30. The number of allylic oxidation sites excluding steroid dienone is 10. The summed E-state index contributed by atoms with van der Waals surface area (Å²) in [4.78, 5) is 0. The van der Waals surface area contributed by atoms with Crippen molar-refractivity contribution in [1.29, 1.82) is 0 Å². The molecule has 0 N–H and O–H groups in total. The first-order valence-corrected chi connectivity index (χ1v) is 4.63. The Kier molecular flexibility index (Phi) is 5.54. The van der Waals surface area contributed by atoms with Crippen molar-refractivity contribution in [2.75, 3.05) is 0 Å². The monoisotopic (exact) mass is 171 g/mol. The fraction of sp³-hybridized carbons (Fsp3) is 0.154. The minimum Gasteiger partial charge on any atom is -0.0844 e. The zero-order chi connectivity index (χ0) is 9.19. The molecule has 1 radical (unpaired) electrons. The lowest BCUT2D eigenvalue weighted by atomic mass is 10.2. The van der Waals surface area contributed by atoms with E-state index in [1.807, 2.05) is 24.3 Å². The molecular formula is C13H15. The highest BCUT2D eigenvalue weighted by molar-refractivity contribution is 5.17. The van der Waals surface area contributed by atoms with E-state index in [4.69, 9.17) is 0 Å². The van der Waals surface area contributed by atoms with Crippen molar-refractivity contribution < 1.29 is 0 Å². The summed E-state index contributed by atoms with van der Waals surface area (Å²) >= 11 is 0. The first-order valence-electron chi connectivity index (χ1n) is 4.63. The molecule has 0 aromatic rings. The Bertz CT molecular complexity index is 249. The van der Waals surface area contributed by atoms with E-state index in [9.17, 15) is 0 Å². The maximum Gasteiger partial charge on any atom is -0.0133 e. The van der Waals surface area contributed by atoms with Gasteiger partial charge in [-0.15, -0.1) is 0 Å². The zero-order valence-corrected chi connectivity index (χ0v) is 7.77. The summed E-state index contributed by atoms with van der Waals surface area (Å²) in [5.41, 5.74) is 0. The highest BCUT2D eigenvalue weighted by Crippen LogP contribution is 1.95. The largest absolute Gasteiger partial charge is 0.0844 e. The van der Waals surface area contributed by atoms with E-state index < -0.39 is 0 Å². The van der Waals surface area contributed by atoms with Gasteiger partial charge < -0.3 is 0 Å². The van der Waals surface area contributed by atoms with Crippen LogP contribution in [0.4, 0.5) is 0 Å². The van der Waals surface area contributed by atoms with Gasteiger partial charge in [-0.05, 0) is 19.3 Å². The Labute approximate surface area is 80.7 Å². The lowest BCUT2D eigenvalue weighted by Gasteiger charge is -1.84. The van der Waals surface area contributed by atoms with Crippen LogP contribution >= 0.6 is 0 Å². The molecule has 0 atom stereocenters. The minimum atomic E-state index is 1.01. The van der Waals surface area contributed by atoms with Gasteiger partial charge in [0.1, 0.15) is 0 Å². The molecule has 0 aromatic carbocycles. The maximum absolute atomic E-state index is 2.16. The molecule has 0 unspecified atom stereocenters. The van der Waals surface area contributed by atoms with Gasteiger partial charge in [-0.25, -0.2) is 0 Å². The fourth-order valence-corrected chi connectivity index (χ4v) is 0.981. The average molecular weight is 171 g/mol. The molecule has 0 saturated carbocycles. The first-order chi connectivity index (χ1) is 6.50. The second-order valence-corrected chi connectivity index (χ2v) is 2.76. The highest BCUT2D eigenvalue weighted by atomic mass is 13.8. The predicted octanol–water partition coefficient (Wildman–Crippen LogP) is 3.77. The molecule has 0 saturated heterocycles. The van der Waals surface area contributed by atoms with E-state index in [1.54, 1.807) is 0 Å². The summed E-state index contributed by atoms with van der Waals surface area (Å²) in [6.07, 6.45) is 25.0. The van der Waals surface area contributed by atoms with Crippen LogP contribution in [-0.4, -0.2) is 0 Å². The first kappa shape index (κ1) is 9.79. The highest BCUT2D eigenvalue weighted by Gasteiger charge is 1.76. The smallest absolute Gasteiger partial charge is 0.0133 e. The Morgan fingerprint density at radius 3 is 1.77 bits per heavy atom. The quantitative estimate of drug-likeness (QED) is 0.520. The van der Waals surface area contributed by atoms with Crippen molar-refractivity contribution in [1.82, 2.24) is 0 Å². The van der Waals surface area contributed by atoms with Crippen LogP contribution in [0.15, 0.2) is 60.8 Å². The molecule has 0 spiro atoms. The summed E-state index contributed by atoms with van der Waals surface area (Å²) in [5, 5.41) is 0. The van der Waals surface area contributed by atoms with E-state index in [1.165, 1.54) is 0 Å². The minimum absolute atomic E-state index is 1.01. The molecule has 1 aliphatic carbocycles. The molecule has 0 aliphatic heterocycles. The molecule has 0 heterocycles. The third-order valence-corrected chi connectivity index (χ3v) is 1.64. The molecule has 0 fully saturated rings. The summed E-state index contributed by atoms with van der Waals surface area (Å²) in [5.74, 6) is 0. The molecule has 0 heteroatoms. The van der Waals surface area contributed by atoms with Crippen molar-refractivity contribution >= 4 is 0 Å². The molecular weight excluding hydrogens is 156 g/mol. The van der Waals surface area contributed by atoms with Crippen LogP contribution in [0.5, 0.6) is 0 Å². The average Bonchev–Trinajstić information content (AvgIpc) is 2.18. The molecule has 1 aliphatic rings. The maximum atomic E-state index is 2.16. The van der Waals surface area contributed by atoms with E-state index in [0.29, 0.717) is 0 Å². The van der Waals surface area contributed by atoms with Gasteiger partial charge >= 0.3 is 0 Å². The molecule has 0 nitrogen and oxygen atoms in total. The van der Waals surface area contributed by atoms with E-state index in [-0.39, 0.29) is 0 Å². The Morgan fingerprint density at radius 2 is 1.00 bits per heavy atom. The third kappa shape index (κ3) is 5.92. The standard InChI is InChI=1S/C13H15/c1-2-4-6-8-10-12-13-11-9-7-5-3-1/h1-8,11-13H,9-10H2. The number of hydrogen-bond acceptors (Lipinski definition) is 0. The van der Waals surface area contributed by atoms with E-state index in [0.717, 1.165) is 12.8 Å². The molecule has 0 aromatic heterocycles. The van der Waals surface area contributed by atoms with Gasteiger partial charge in [0.2, 0.25) is 0 Å². The third-order valence-electron chi connectivity index (χ3n) is 1.64. The lowest BCUT2D eigenvalue weighted by Crippen LogP contribution is -1.65. The molecule has 0 bridgehead atoms. The normalized spacial score (nSPS) is 17.8. The van der Waals surface area contributed by atoms with Gasteiger partial charge in [0.15, 0.2) is 0 Å². The van der Waals surface area contributed by atoms with Crippen molar-refractivity contribution in [2.24, 2.45) is 0 Å². The van der Waals surface area contributed by atoms with E-state index >= 15 is 0 Å². The SMILES string of the molecule is [CH]1C=CCC=CC=CC=CC=CC1. The van der Waals surface area contributed by atoms with Crippen molar-refractivity contribution in [3.8, 4) is 0 Å². The van der Waals surface area contributed by atoms with Crippen LogP contribution in [0.2, 0.25) is 0 Å². The van der Waals surface area contributed by atoms with E-state index in [2.05, 4.69) is 42.9 Å². The van der Waals surface area contributed by atoms with Crippen molar-refractivity contribution in [3.05, 3.63) is 67.2 Å².